The molecule has 0 unspecified atom stereocenters. The van der Waals surface area contributed by atoms with Crippen LogP contribution in [0.2, 0.25) is 0 Å². The average molecular weight is 256 g/mol. The molecule has 0 aromatic heterocycles. The highest BCUT2D eigenvalue weighted by molar-refractivity contribution is 5.18. The van der Waals surface area contributed by atoms with Crippen molar-refractivity contribution >= 4 is 0 Å². The molecule has 0 radical (unpaired) electrons. The molecule has 0 atom stereocenters. The molecule has 1 aromatic carbocycles. The molecule has 0 bridgehead atoms. The monoisotopic (exact) mass is 256 g/mol. The number of halogens is 2. The first kappa shape index (κ1) is 15.1. The third kappa shape index (κ3) is 3.27. The Labute approximate surface area is 108 Å². The van der Waals surface area contributed by atoms with Gasteiger partial charge in [-0.15, -0.1) is 0 Å². The molecule has 102 valence electrons. The van der Waals surface area contributed by atoms with Crippen molar-refractivity contribution in [2.45, 2.75) is 38.8 Å². The lowest BCUT2D eigenvalue weighted by atomic mass is 9.90. The van der Waals surface area contributed by atoms with Crippen molar-refractivity contribution in [2.24, 2.45) is 5.73 Å². The summed E-state index contributed by atoms with van der Waals surface area (Å²) in [5, 5.41) is 0. The number of rotatable bonds is 6. The Kier molecular flexibility index (Phi) is 5.23. The van der Waals surface area contributed by atoms with Crippen molar-refractivity contribution in [3.8, 4) is 0 Å². The van der Waals surface area contributed by atoms with Crippen LogP contribution < -0.4 is 5.73 Å². The summed E-state index contributed by atoms with van der Waals surface area (Å²) in [7, 11) is 1.95. The third-order valence-corrected chi connectivity index (χ3v) is 3.85. The zero-order chi connectivity index (χ0) is 13.8. The van der Waals surface area contributed by atoms with Gasteiger partial charge in [-0.3, -0.25) is 4.90 Å². The van der Waals surface area contributed by atoms with Gasteiger partial charge in [0.05, 0.1) is 0 Å². The quantitative estimate of drug-likeness (QED) is 0.848. The van der Waals surface area contributed by atoms with E-state index in [-0.39, 0.29) is 5.54 Å². The maximum Gasteiger partial charge on any atom is 0.126 e. The van der Waals surface area contributed by atoms with Crippen molar-refractivity contribution in [3.63, 3.8) is 0 Å². The summed E-state index contributed by atoms with van der Waals surface area (Å²) in [5.74, 6) is -1.07. The van der Waals surface area contributed by atoms with Crippen LogP contribution in [0.4, 0.5) is 8.78 Å². The fourth-order valence-corrected chi connectivity index (χ4v) is 2.38. The summed E-state index contributed by atoms with van der Waals surface area (Å²) >= 11 is 0. The normalized spacial score (nSPS) is 12.2. The summed E-state index contributed by atoms with van der Waals surface area (Å²) in [6.07, 6.45) is 1.82. The maximum absolute atomic E-state index is 13.1. The molecule has 0 aliphatic rings. The van der Waals surface area contributed by atoms with Crippen LogP contribution in [-0.4, -0.2) is 24.0 Å². The van der Waals surface area contributed by atoms with Crippen LogP contribution in [0, 0.1) is 11.6 Å². The Morgan fingerprint density at radius 3 is 2.00 bits per heavy atom. The molecule has 0 saturated carbocycles. The van der Waals surface area contributed by atoms with E-state index >= 15 is 0 Å². The number of likely N-dealkylation sites (N-methyl/N-ethyl adjacent to an activating group) is 1. The molecule has 0 spiro atoms. The van der Waals surface area contributed by atoms with Crippen LogP contribution >= 0.6 is 0 Å². The molecule has 2 N–H and O–H groups in total. The lowest BCUT2D eigenvalue weighted by Crippen LogP contribution is -2.50. The standard InChI is InChI=1S/C14H22F2N2/c1-4-14(5-2,10-17)18(3)9-11-6-12(15)8-13(16)7-11/h6-8H,4-5,9-10,17H2,1-3H3. The largest absolute Gasteiger partial charge is 0.329 e. The van der Waals surface area contributed by atoms with E-state index in [1.807, 2.05) is 7.05 Å². The highest BCUT2D eigenvalue weighted by Crippen LogP contribution is 2.23. The van der Waals surface area contributed by atoms with Gasteiger partial charge >= 0.3 is 0 Å². The second-order valence-electron chi connectivity index (χ2n) is 4.77. The van der Waals surface area contributed by atoms with Crippen molar-refractivity contribution in [1.82, 2.24) is 4.90 Å². The minimum absolute atomic E-state index is 0.108. The van der Waals surface area contributed by atoms with Crippen LogP contribution in [0.1, 0.15) is 32.3 Å². The predicted octanol–water partition coefficient (Wildman–Crippen LogP) is 2.91. The van der Waals surface area contributed by atoms with E-state index in [2.05, 4.69) is 18.7 Å². The minimum atomic E-state index is -0.537. The summed E-state index contributed by atoms with van der Waals surface area (Å²) < 4.78 is 26.3. The predicted molar refractivity (Wildman–Crippen MR) is 70.2 cm³/mol. The second kappa shape index (κ2) is 6.25. The lowest BCUT2D eigenvalue weighted by molar-refractivity contribution is 0.108. The van der Waals surface area contributed by atoms with E-state index in [4.69, 9.17) is 5.73 Å². The summed E-state index contributed by atoms with van der Waals surface area (Å²) in [6.45, 7) is 5.19. The summed E-state index contributed by atoms with van der Waals surface area (Å²) in [4.78, 5) is 2.08. The van der Waals surface area contributed by atoms with Crippen LogP contribution in [0.5, 0.6) is 0 Å². The van der Waals surface area contributed by atoms with Gasteiger partial charge < -0.3 is 5.73 Å². The molecule has 0 aliphatic carbocycles. The first-order valence-electron chi connectivity index (χ1n) is 6.33. The zero-order valence-electron chi connectivity index (χ0n) is 11.3. The van der Waals surface area contributed by atoms with Crippen molar-refractivity contribution in [1.29, 1.82) is 0 Å². The van der Waals surface area contributed by atoms with Gasteiger partial charge in [0.25, 0.3) is 0 Å². The molecule has 1 aromatic rings. The molecule has 2 nitrogen and oxygen atoms in total. The van der Waals surface area contributed by atoms with Gasteiger partial charge in [-0.05, 0) is 37.6 Å². The van der Waals surface area contributed by atoms with Gasteiger partial charge in [-0.2, -0.15) is 0 Å². The van der Waals surface area contributed by atoms with Crippen LogP contribution in [-0.2, 0) is 6.54 Å². The molecular formula is C14H22F2N2. The van der Waals surface area contributed by atoms with Gasteiger partial charge in [0.1, 0.15) is 11.6 Å². The maximum atomic E-state index is 13.1. The molecule has 0 saturated heterocycles. The number of nitrogens with two attached hydrogens (primary N) is 1. The molecular weight excluding hydrogens is 234 g/mol. The number of hydrogen-bond donors (Lipinski definition) is 1. The van der Waals surface area contributed by atoms with Crippen molar-refractivity contribution in [2.75, 3.05) is 13.6 Å². The van der Waals surface area contributed by atoms with Crippen LogP contribution in [0.15, 0.2) is 18.2 Å². The molecule has 0 aliphatic heterocycles. The van der Waals surface area contributed by atoms with E-state index in [9.17, 15) is 8.78 Å². The number of nitrogens with zero attached hydrogens (tertiary/aromatic N) is 1. The Morgan fingerprint density at radius 2 is 1.61 bits per heavy atom. The van der Waals surface area contributed by atoms with E-state index in [1.165, 1.54) is 12.1 Å². The SMILES string of the molecule is CCC(CC)(CN)N(C)Cc1cc(F)cc(F)c1. The Morgan fingerprint density at radius 1 is 1.11 bits per heavy atom. The fourth-order valence-electron chi connectivity index (χ4n) is 2.38. The van der Waals surface area contributed by atoms with Crippen LogP contribution in [0.3, 0.4) is 0 Å². The van der Waals surface area contributed by atoms with Crippen LogP contribution in [0.25, 0.3) is 0 Å². The summed E-state index contributed by atoms with van der Waals surface area (Å²) in [6, 6.07) is 3.62. The van der Waals surface area contributed by atoms with Crippen molar-refractivity contribution < 1.29 is 8.78 Å². The average Bonchev–Trinajstić information content (AvgIpc) is 2.30. The lowest BCUT2D eigenvalue weighted by Gasteiger charge is -2.40. The number of hydrogen-bond acceptors (Lipinski definition) is 2. The Hall–Kier alpha value is -1.00. The van der Waals surface area contributed by atoms with E-state index in [0.717, 1.165) is 18.9 Å². The van der Waals surface area contributed by atoms with Gasteiger partial charge in [-0.1, -0.05) is 13.8 Å². The molecule has 0 fully saturated rings. The highest BCUT2D eigenvalue weighted by atomic mass is 19.1. The Bertz CT molecular complexity index is 361. The fraction of sp³-hybridized carbons (Fsp3) is 0.571. The van der Waals surface area contributed by atoms with Gasteiger partial charge in [-0.25, -0.2) is 8.78 Å². The van der Waals surface area contributed by atoms with E-state index in [1.54, 1.807) is 0 Å². The minimum Gasteiger partial charge on any atom is -0.329 e. The molecule has 1 rings (SSSR count). The number of benzene rings is 1. The third-order valence-electron chi connectivity index (χ3n) is 3.85. The second-order valence-corrected chi connectivity index (χ2v) is 4.77. The Balaban J connectivity index is 2.88. The topological polar surface area (TPSA) is 29.3 Å². The van der Waals surface area contributed by atoms with E-state index < -0.39 is 11.6 Å². The van der Waals surface area contributed by atoms with E-state index in [0.29, 0.717) is 18.7 Å². The first-order chi connectivity index (χ1) is 8.47. The smallest absolute Gasteiger partial charge is 0.126 e. The zero-order valence-corrected chi connectivity index (χ0v) is 11.3. The van der Waals surface area contributed by atoms with Gasteiger partial charge in [0, 0.05) is 24.7 Å². The van der Waals surface area contributed by atoms with Gasteiger partial charge in [0.15, 0.2) is 0 Å². The van der Waals surface area contributed by atoms with Gasteiger partial charge in [0.2, 0.25) is 0 Å². The summed E-state index contributed by atoms with van der Waals surface area (Å²) in [5.41, 5.74) is 6.38. The molecule has 4 heteroatoms. The van der Waals surface area contributed by atoms with Crippen molar-refractivity contribution in [3.05, 3.63) is 35.4 Å². The molecule has 0 heterocycles. The molecule has 18 heavy (non-hydrogen) atoms. The molecule has 0 amide bonds. The first-order valence-corrected chi connectivity index (χ1v) is 6.33. The highest BCUT2D eigenvalue weighted by Gasteiger charge is 2.29.